The lowest BCUT2D eigenvalue weighted by Crippen LogP contribution is -2.33. The van der Waals surface area contributed by atoms with Gasteiger partial charge in [-0.1, -0.05) is 35.3 Å². The Bertz CT molecular complexity index is 431. The molecule has 3 nitrogen and oxygen atoms in total. The average molecular weight is 355 g/mol. The monoisotopic (exact) mass is 354 g/mol. The zero-order valence-corrected chi connectivity index (χ0v) is 14.8. The summed E-state index contributed by atoms with van der Waals surface area (Å²) in [6, 6.07) is 6.75. The van der Waals surface area contributed by atoms with Crippen LogP contribution in [-0.4, -0.2) is 33.4 Å². The smallest absolute Gasteiger partial charge is 0.0587 e. The van der Waals surface area contributed by atoms with E-state index in [9.17, 15) is 0 Å². The van der Waals surface area contributed by atoms with Gasteiger partial charge in [0.15, 0.2) is 0 Å². The maximum Gasteiger partial charge on any atom is 0.0587 e. The summed E-state index contributed by atoms with van der Waals surface area (Å²) >= 11 is 3.71. The van der Waals surface area contributed by atoms with E-state index < -0.39 is 0 Å². The van der Waals surface area contributed by atoms with E-state index in [1.54, 1.807) is 7.11 Å². The molecular formula is C17H27BrN2O. The summed E-state index contributed by atoms with van der Waals surface area (Å²) in [5.74, 6) is 0.925. The Morgan fingerprint density at radius 3 is 2.71 bits per heavy atom. The molecule has 4 heteroatoms. The Kier molecular flexibility index (Phi) is 7.00. The number of hydrogen-bond donors (Lipinski definition) is 1. The van der Waals surface area contributed by atoms with Crippen LogP contribution < -0.4 is 10.2 Å². The molecule has 1 saturated heterocycles. The Morgan fingerprint density at radius 1 is 1.33 bits per heavy atom. The van der Waals surface area contributed by atoms with E-state index in [-0.39, 0.29) is 0 Å². The van der Waals surface area contributed by atoms with Crippen LogP contribution in [0.15, 0.2) is 22.7 Å². The van der Waals surface area contributed by atoms with Gasteiger partial charge in [0.2, 0.25) is 0 Å². The minimum atomic E-state index is 0.752. The second-order valence-corrected chi connectivity index (χ2v) is 6.64. The summed E-state index contributed by atoms with van der Waals surface area (Å²) in [7, 11) is 1.73. The van der Waals surface area contributed by atoms with Crippen molar-refractivity contribution in [2.75, 3.05) is 38.3 Å². The molecule has 0 amide bonds. The number of benzene rings is 1. The van der Waals surface area contributed by atoms with Gasteiger partial charge in [0, 0.05) is 43.4 Å². The summed E-state index contributed by atoms with van der Waals surface area (Å²) in [6.45, 7) is 7.20. The van der Waals surface area contributed by atoms with E-state index in [1.807, 2.05) is 0 Å². The van der Waals surface area contributed by atoms with Crippen molar-refractivity contribution in [1.82, 2.24) is 5.32 Å². The molecule has 0 atom stereocenters. The predicted octanol–water partition coefficient (Wildman–Crippen LogP) is 3.81. The molecule has 1 aliphatic rings. The van der Waals surface area contributed by atoms with Gasteiger partial charge in [-0.3, -0.25) is 0 Å². The topological polar surface area (TPSA) is 24.5 Å². The van der Waals surface area contributed by atoms with Gasteiger partial charge in [-0.15, -0.1) is 0 Å². The number of methoxy groups -OCH3 is 1. The predicted molar refractivity (Wildman–Crippen MR) is 93.0 cm³/mol. The van der Waals surface area contributed by atoms with Crippen LogP contribution in [0.1, 0.15) is 31.7 Å². The number of nitrogens with zero attached hydrogens (tertiary/aromatic N) is 1. The molecule has 118 valence electrons. The first-order chi connectivity index (χ1) is 10.2. The fourth-order valence-corrected chi connectivity index (χ4v) is 3.38. The van der Waals surface area contributed by atoms with E-state index in [0.717, 1.165) is 25.6 Å². The summed E-state index contributed by atoms with van der Waals surface area (Å²) in [4.78, 5) is 2.51. The van der Waals surface area contributed by atoms with E-state index in [1.165, 1.54) is 48.1 Å². The number of piperidine rings is 1. The van der Waals surface area contributed by atoms with Gasteiger partial charge in [0.05, 0.1) is 6.61 Å². The summed E-state index contributed by atoms with van der Waals surface area (Å²) < 4.78 is 6.24. The number of ether oxygens (including phenoxy) is 1. The minimum Gasteiger partial charge on any atom is -0.383 e. The highest BCUT2D eigenvalue weighted by molar-refractivity contribution is 9.10. The van der Waals surface area contributed by atoms with Gasteiger partial charge in [0.25, 0.3) is 0 Å². The van der Waals surface area contributed by atoms with Crippen molar-refractivity contribution in [3.05, 3.63) is 28.2 Å². The number of halogens is 1. The third kappa shape index (κ3) is 4.97. The van der Waals surface area contributed by atoms with E-state index in [2.05, 4.69) is 51.3 Å². The summed E-state index contributed by atoms with van der Waals surface area (Å²) in [5, 5.41) is 3.39. The first kappa shape index (κ1) is 16.8. The van der Waals surface area contributed by atoms with Crippen LogP contribution >= 0.6 is 15.9 Å². The van der Waals surface area contributed by atoms with Crippen molar-refractivity contribution in [2.24, 2.45) is 5.92 Å². The molecule has 0 bridgehead atoms. The first-order valence-corrected chi connectivity index (χ1v) is 8.77. The van der Waals surface area contributed by atoms with Crippen LogP contribution in [0, 0.1) is 5.92 Å². The largest absolute Gasteiger partial charge is 0.383 e. The maximum atomic E-state index is 5.05. The number of rotatable bonds is 7. The van der Waals surface area contributed by atoms with Crippen molar-refractivity contribution in [2.45, 2.75) is 32.7 Å². The highest BCUT2D eigenvalue weighted by Crippen LogP contribution is 2.28. The molecular weight excluding hydrogens is 328 g/mol. The third-order valence-corrected chi connectivity index (χ3v) is 5.13. The average Bonchev–Trinajstić information content (AvgIpc) is 2.53. The molecule has 1 fully saturated rings. The molecule has 1 heterocycles. The quantitative estimate of drug-likeness (QED) is 0.753. The van der Waals surface area contributed by atoms with Crippen molar-refractivity contribution in [3.63, 3.8) is 0 Å². The Labute approximate surface area is 137 Å². The highest BCUT2D eigenvalue weighted by atomic mass is 79.9. The van der Waals surface area contributed by atoms with Gasteiger partial charge < -0.3 is 15.0 Å². The molecule has 0 unspecified atom stereocenters. The zero-order valence-electron chi connectivity index (χ0n) is 13.2. The van der Waals surface area contributed by atoms with Crippen molar-refractivity contribution >= 4 is 21.6 Å². The van der Waals surface area contributed by atoms with Gasteiger partial charge >= 0.3 is 0 Å². The van der Waals surface area contributed by atoms with E-state index in [0.29, 0.717) is 0 Å². The lowest BCUT2D eigenvalue weighted by atomic mass is 9.94. The molecule has 1 aromatic rings. The van der Waals surface area contributed by atoms with Crippen molar-refractivity contribution in [3.8, 4) is 0 Å². The fraction of sp³-hybridized carbons (Fsp3) is 0.647. The second kappa shape index (κ2) is 8.76. The summed E-state index contributed by atoms with van der Waals surface area (Å²) in [6.07, 6.45) is 3.98. The lowest BCUT2D eigenvalue weighted by Gasteiger charge is -2.33. The highest BCUT2D eigenvalue weighted by Gasteiger charge is 2.18. The van der Waals surface area contributed by atoms with Crippen LogP contribution in [0.2, 0.25) is 0 Å². The van der Waals surface area contributed by atoms with Crippen molar-refractivity contribution in [1.29, 1.82) is 0 Å². The fourth-order valence-electron chi connectivity index (χ4n) is 2.87. The molecule has 0 aromatic heterocycles. The molecule has 0 radical (unpaired) electrons. The minimum absolute atomic E-state index is 0.752. The third-order valence-electron chi connectivity index (χ3n) is 4.39. The number of anilines is 1. The standard InChI is InChI=1S/C17H27BrN2O/c1-3-14-6-9-20(10-7-14)16-5-4-15(17(18)12-16)13-19-8-11-21-2/h4-5,12,14,19H,3,6-11,13H2,1-2H3. The van der Waals surface area contributed by atoms with Crippen LogP contribution in [-0.2, 0) is 11.3 Å². The van der Waals surface area contributed by atoms with Crippen LogP contribution in [0.25, 0.3) is 0 Å². The van der Waals surface area contributed by atoms with E-state index in [4.69, 9.17) is 4.74 Å². The van der Waals surface area contributed by atoms with Crippen molar-refractivity contribution < 1.29 is 4.74 Å². The van der Waals surface area contributed by atoms with Gasteiger partial charge in [-0.2, -0.15) is 0 Å². The molecule has 1 aliphatic heterocycles. The molecule has 0 aliphatic carbocycles. The normalized spacial score (nSPS) is 16.4. The Hall–Kier alpha value is -0.580. The number of nitrogens with one attached hydrogen (secondary N) is 1. The molecule has 1 N–H and O–H groups in total. The molecule has 21 heavy (non-hydrogen) atoms. The molecule has 0 spiro atoms. The number of hydrogen-bond acceptors (Lipinski definition) is 3. The van der Waals surface area contributed by atoms with Gasteiger partial charge in [-0.25, -0.2) is 0 Å². The maximum absolute atomic E-state index is 5.05. The lowest BCUT2D eigenvalue weighted by molar-refractivity contribution is 0.199. The first-order valence-electron chi connectivity index (χ1n) is 7.97. The molecule has 0 saturated carbocycles. The molecule has 1 aromatic carbocycles. The van der Waals surface area contributed by atoms with Crippen LogP contribution in [0.4, 0.5) is 5.69 Å². The van der Waals surface area contributed by atoms with Gasteiger partial charge in [0.1, 0.15) is 0 Å². The Balaban J connectivity index is 1.89. The van der Waals surface area contributed by atoms with E-state index >= 15 is 0 Å². The van der Waals surface area contributed by atoms with Gasteiger partial charge in [-0.05, 0) is 36.5 Å². The Morgan fingerprint density at radius 2 is 2.10 bits per heavy atom. The van der Waals surface area contributed by atoms with Crippen LogP contribution in [0.5, 0.6) is 0 Å². The summed E-state index contributed by atoms with van der Waals surface area (Å²) in [5.41, 5.74) is 2.65. The van der Waals surface area contributed by atoms with Crippen LogP contribution in [0.3, 0.4) is 0 Å². The zero-order chi connectivity index (χ0) is 15.1. The SMILES string of the molecule is CCC1CCN(c2ccc(CNCCOC)c(Br)c2)CC1. The molecule has 2 rings (SSSR count). The second-order valence-electron chi connectivity index (χ2n) is 5.78.